The van der Waals surface area contributed by atoms with Crippen LogP contribution >= 0.6 is 0 Å². The van der Waals surface area contributed by atoms with Crippen LogP contribution in [0.25, 0.3) is 0 Å². The van der Waals surface area contributed by atoms with Crippen LogP contribution < -0.4 is 5.32 Å². The predicted molar refractivity (Wildman–Crippen MR) is 60.5 cm³/mol. The normalized spacial score (nSPS) is 20.3. The molecule has 90 valence electrons. The van der Waals surface area contributed by atoms with Gasteiger partial charge in [-0.05, 0) is 26.7 Å². The van der Waals surface area contributed by atoms with Crippen molar-refractivity contribution < 1.29 is 13.5 Å². The van der Waals surface area contributed by atoms with Crippen LogP contribution in [0.15, 0.2) is 0 Å². The van der Waals surface area contributed by atoms with Gasteiger partial charge in [-0.2, -0.15) is 0 Å². The maximum absolute atomic E-state index is 11.4. The van der Waals surface area contributed by atoms with Crippen LogP contribution in [0.1, 0.15) is 26.7 Å². The maximum Gasteiger partial charge on any atom is 0.153 e. The monoisotopic (exact) mass is 235 g/mol. The molecule has 0 atom stereocenters. The fourth-order valence-electron chi connectivity index (χ4n) is 1.33. The van der Waals surface area contributed by atoms with Gasteiger partial charge in [0.05, 0.1) is 4.75 Å². The van der Waals surface area contributed by atoms with E-state index in [0.29, 0.717) is 13.1 Å². The Balaban J connectivity index is 2.38. The Morgan fingerprint density at radius 1 is 1.40 bits per heavy atom. The van der Waals surface area contributed by atoms with E-state index in [1.54, 1.807) is 13.8 Å². The third kappa shape index (κ3) is 3.16. The molecule has 0 radical (unpaired) electrons. The fraction of sp³-hybridized carbons (Fsp3) is 1.00. The summed E-state index contributed by atoms with van der Waals surface area (Å²) < 4.78 is 22.1. The molecule has 0 aromatic rings. The van der Waals surface area contributed by atoms with Crippen molar-refractivity contribution in [1.29, 1.82) is 0 Å². The van der Waals surface area contributed by atoms with E-state index in [4.69, 9.17) is 5.11 Å². The van der Waals surface area contributed by atoms with E-state index in [2.05, 4.69) is 5.32 Å². The van der Waals surface area contributed by atoms with E-state index in [1.807, 2.05) is 0 Å². The lowest BCUT2D eigenvalue weighted by Gasteiger charge is -2.24. The molecule has 0 aromatic carbocycles. The van der Waals surface area contributed by atoms with Crippen LogP contribution in [0.3, 0.4) is 0 Å². The van der Waals surface area contributed by atoms with Crippen molar-refractivity contribution in [3.05, 3.63) is 0 Å². The number of rotatable bonds is 6. The third-order valence-corrected chi connectivity index (χ3v) is 5.50. The molecule has 0 bridgehead atoms. The molecule has 4 nitrogen and oxygen atoms in total. The Labute approximate surface area is 92.0 Å². The summed E-state index contributed by atoms with van der Waals surface area (Å²) in [5.41, 5.74) is 0.0353. The minimum absolute atomic E-state index is 0.0353. The maximum atomic E-state index is 11.4. The Bertz CT molecular complexity index is 318. The Hall–Kier alpha value is -0.130. The summed E-state index contributed by atoms with van der Waals surface area (Å²) in [4.78, 5) is 0. The van der Waals surface area contributed by atoms with Crippen molar-refractivity contribution in [2.45, 2.75) is 31.4 Å². The largest absolute Gasteiger partial charge is 0.396 e. The standard InChI is InChI=1S/C10H21NO3S/c1-9(2,15(3,13)14)6-11-7-10(8-12)4-5-10/h11-12H,4-8H2,1-3H3. The molecule has 2 N–H and O–H groups in total. The smallest absolute Gasteiger partial charge is 0.153 e. The topological polar surface area (TPSA) is 66.4 Å². The van der Waals surface area contributed by atoms with Crippen LogP contribution in [-0.2, 0) is 9.84 Å². The van der Waals surface area contributed by atoms with Crippen LogP contribution in [0.2, 0.25) is 0 Å². The molecule has 0 saturated heterocycles. The number of sulfone groups is 1. The minimum Gasteiger partial charge on any atom is -0.396 e. The second-order valence-electron chi connectivity index (χ2n) is 5.29. The Morgan fingerprint density at radius 3 is 2.27 bits per heavy atom. The lowest BCUT2D eigenvalue weighted by Crippen LogP contribution is -2.43. The number of nitrogens with one attached hydrogen (secondary N) is 1. The molecule has 0 heterocycles. The molecule has 1 aliphatic carbocycles. The molecule has 0 unspecified atom stereocenters. The van der Waals surface area contributed by atoms with Gasteiger partial charge in [0, 0.05) is 31.4 Å². The summed E-state index contributed by atoms with van der Waals surface area (Å²) in [6, 6.07) is 0. The molecule has 5 heteroatoms. The van der Waals surface area contributed by atoms with Crippen molar-refractivity contribution in [3.63, 3.8) is 0 Å². The summed E-state index contributed by atoms with van der Waals surface area (Å²) in [6.07, 6.45) is 3.33. The van der Waals surface area contributed by atoms with E-state index in [-0.39, 0.29) is 12.0 Å². The number of hydrogen-bond donors (Lipinski definition) is 2. The molecule has 15 heavy (non-hydrogen) atoms. The van der Waals surface area contributed by atoms with Crippen molar-refractivity contribution in [1.82, 2.24) is 5.32 Å². The molecule has 0 amide bonds. The first-order chi connectivity index (χ1) is 6.72. The van der Waals surface area contributed by atoms with Crippen LogP contribution in [0.5, 0.6) is 0 Å². The van der Waals surface area contributed by atoms with Crippen LogP contribution in [-0.4, -0.2) is 44.2 Å². The van der Waals surface area contributed by atoms with Gasteiger partial charge in [-0.15, -0.1) is 0 Å². The summed E-state index contributed by atoms with van der Waals surface area (Å²) >= 11 is 0. The van der Waals surface area contributed by atoms with Crippen molar-refractivity contribution >= 4 is 9.84 Å². The predicted octanol–water partition coefficient (Wildman–Crippen LogP) is 0.172. The first kappa shape index (κ1) is 12.9. The van der Waals surface area contributed by atoms with Crippen molar-refractivity contribution in [3.8, 4) is 0 Å². The van der Waals surface area contributed by atoms with Gasteiger partial charge in [0.1, 0.15) is 0 Å². The van der Waals surface area contributed by atoms with E-state index in [9.17, 15) is 8.42 Å². The number of aliphatic hydroxyl groups is 1. The number of hydrogen-bond acceptors (Lipinski definition) is 4. The highest BCUT2D eigenvalue weighted by Gasteiger charge is 2.42. The molecule has 0 aliphatic heterocycles. The van der Waals surface area contributed by atoms with E-state index in [0.717, 1.165) is 12.8 Å². The lowest BCUT2D eigenvalue weighted by molar-refractivity contribution is 0.207. The number of aliphatic hydroxyl groups excluding tert-OH is 1. The zero-order valence-corrected chi connectivity index (χ0v) is 10.5. The zero-order valence-electron chi connectivity index (χ0n) is 9.71. The zero-order chi connectivity index (χ0) is 11.7. The van der Waals surface area contributed by atoms with Crippen molar-refractivity contribution in [2.24, 2.45) is 5.41 Å². The summed E-state index contributed by atoms with van der Waals surface area (Å²) in [5, 5.41) is 12.2. The quantitative estimate of drug-likeness (QED) is 0.689. The minimum atomic E-state index is -3.03. The van der Waals surface area contributed by atoms with E-state index in [1.165, 1.54) is 6.26 Å². The molecule has 1 rings (SSSR count). The first-order valence-electron chi connectivity index (χ1n) is 5.24. The molecule has 0 aromatic heterocycles. The molecule has 0 spiro atoms. The first-order valence-corrected chi connectivity index (χ1v) is 7.13. The summed E-state index contributed by atoms with van der Waals surface area (Å²) in [7, 11) is -3.03. The van der Waals surface area contributed by atoms with Gasteiger partial charge in [0.2, 0.25) is 0 Å². The molecular weight excluding hydrogens is 214 g/mol. The van der Waals surface area contributed by atoms with Gasteiger partial charge in [0.15, 0.2) is 9.84 Å². The second kappa shape index (κ2) is 4.03. The van der Waals surface area contributed by atoms with Gasteiger partial charge in [-0.1, -0.05) is 0 Å². The Morgan fingerprint density at radius 2 is 1.93 bits per heavy atom. The summed E-state index contributed by atoms with van der Waals surface area (Å²) in [6.45, 7) is 4.77. The lowest BCUT2D eigenvalue weighted by atomic mass is 10.1. The molecular formula is C10H21NO3S. The van der Waals surface area contributed by atoms with Crippen LogP contribution in [0, 0.1) is 5.41 Å². The van der Waals surface area contributed by atoms with Crippen LogP contribution in [0.4, 0.5) is 0 Å². The highest BCUT2D eigenvalue weighted by molar-refractivity contribution is 7.92. The van der Waals surface area contributed by atoms with Gasteiger partial charge in [0.25, 0.3) is 0 Å². The third-order valence-electron chi connectivity index (χ3n) is 3.35. The van der Waals surface area contributed by atoms with E-state index >= 15 is 0 Å². The summed E-state index contributed by atoms with van der Waals surface area (Å²) in [5.74, 6) is 0. The molecule has 1 aliphatic rings. The molecule has 1 saturated carbocycles. The highest BCUT2D eigenvalue weighted by atomic mass is 32.2. The molecule has 1 fully saturated rings. The van der Waals surface area contributed by atoms with Gasteiger partial charge >= 0.3 is 0 Å². The van der Waals surface area contributed by atoms with Gasteiger partial charge in [-0.3, -0.25) is 0 Å². The second-order valence-corrected chi connectivity index (χ2v) is 7.94. The van der Waals surface area contributed by atoms with Gasteiger partial charge in [-0.25, -0.2) is 8.42 Å². The average Bonchev–Trinajstić information content (AvgIpc) is 2.83. The SMILES string of the molecule is CC(C)(CNCC1(CO)CC1)S(C)(=O)=O. The Kier molecular flexibility index (Phi) is 3.48. The van der Waals surface area contributed by atoms with E-state index < -0.39 is 14.6 Å². The van der Waals surface area contributed by atoms with Crippen molar-refractivity contribution in [2.75, 3.05) is 26.0 Å². The fourth-order valence-corrected chi connectivity index (χ4v) is 1.69. The highest BCUT2D eigenvalue weighted by Crippen LogP contribution is 2.44. The average molecular weight is 235 g/mol. The van der Waals surface area contributed by atoms with Gasteiger partial charge < -0.3 is 10.4 Å².